The molecule has 1 aliphatic rings. The van der Waals surface area contributed by atoms with Crippen LogP contribution in [0.3, 0.4) is 0 Å². The molecule has 1 aliphatic heterocycles. The molecule has 1 heterocycles. The maximum absolute atomic E-state index is 12.3. The second kappa shape index (κ2) is 8.46. The van der Waals surface area contributed by atoms with E-state index < -0.39 is 0 Å². The van der Waals surface area contributed by atoms with Gasteiger partial charge in [0, 0.05) is 12.1 Å². The Balaban J connectivity index is 1.77. The van der Waals surface area contributed by atoms with Crippen molar-refractivity contribution in [3.63, 3.8) is 0 Å². The van der Waals surface area contributed by atoms with Gasteiger partial charge < -0.3 is 10.2 Å². The van der Waals surface area contributed by atoms with Gasteiger partial charge in [0.05, 0.1) is 12.6 Å². The van der Waals surface area contributed by atoms with Crippen LogP contribution in [-0.4, -0.2) is 54.5 Å². The summed E-state index contributed by atoms with van der Waals surface area (Å²) in [5.41, 5.74) is 1.15. The third-order valence-electron chi connectivity index (χ3n) is 4.92. The van der Waals surface area contributed by atoms with E-state index in [1.807, 2.05) is 25.1 Å². The number of piperidine rings is 1. The predicted molar refractivity (Wildman–Crippen MR) is 95.4 cm³/mol. The minimum absolute atomic E-state index is 0.0555. The highest BCUT2D eigenvalue weighted by atomic mass is 16.2. The summed E-state index contributed by atoms with van der Waals surface area (Å²) in [6.07, 6.45) is 2.30. The highest BCUT2D eigenvalue weighted by molar-refractivity contribution is 5.78. The fourth-order valence-electron chi connectivity index (χ4n) is 3.31. The van der Waals surface area contributed by atoms with Gasteiger partial charge in [0.25, 0.3) is 0 Å². The van der Waals surface area contributed by atoms with Gasteiger partial charge in [-0.25, -0.2) is 0 Å². The Morgan fingerprint density at radius 1 is 1.22 bits per heavy atom. The third kappa shape index (κ3) is 5.33. The number of likely N-dealkylation sites (tertiary alicyclic amines) is 1. The first-order valence-corrected chi connectivity index (χ1v) is 8.76. The Morgan fingerprint density at radius 3 is 2.39 bits per heavy atom. The number of carbonyl (C=O) groups is 1. The molecule has 0 radical (unpaired) electrons. The van der Waals surface area contributed by atoms with Crippen LogP contribution in [0.25, 0.3) is 0 Å². The molecule has 0 bridgehead atoms. The van der Waals surface area contributed by atoms with Gasteiger partial charge in [0.1, 0.15) is 0 Å². The van der Waals surface area contributed by atoms with E-state index in [1.165, 1.54) is 0 Å². The molecule has 1 aromatic rings. The van der Waals surface area contributed by atoms with Gasteiger partial charge >= 0.3 is 0 Å². The molecule has 0 saturated carbocycles. The van der Waals surface area contributed by atoms with E-state index in [0.717, 1.165) is 31.5 Å². The maximum atomic E-state index is 12.3. The standard InChI is InChI=1S/C19H31N3O/c1-15(2)22-12-10-18(11-13-22)21(4)14-19(23)20-16(3)17-8-6-5-7-9-17/h5-9,15-16,18H,10-14H2,1-4H3,(H,20,23)/t16-/m1/s1. The van der Waals surface area contributed by atoms with Crippen molar-refractivity contribution in [3.8, 4) is 0 Å². The molecule has 1 aromatic carbocycles. The number of hydrogen-bond acceptors (Lipinski definition) is 3. The number of rotatable bonds is 6. The van der Waals surface area contributed by atoms with Gasteiger partial charge in [0.2, 0.25) is 5.91 Å². The maximum Gasteiger partial charge on any atom is 0.234 e. The van der Waals surface area contributed by atoms with Crippen LogP contribution >= 0.6 is 0 Å². The van der Waals surface area contributed by atoms with Crippen molar-refractivity contribution < 1.29 is 4.79 Å². The first-order valence-electron chi connectivity index (χ1n) is 8.76. The topological polar surface area (TPSA) is 35.6 Å². The molecule has 1 fully saturated rings. The van der Waals surface area contributed by atoms with Crippen LogP contribution in [0, 0.1) is 0 Å². The van der Waals surface area contributed by atoms with Gasteiger partial charge in [-0.05, 0) is 59.3 Å². The van der Waals surface area contributed by atoms with E-state index in [0.29, 0.717) is 18.6 Å². The Labute approximate surface area is 140 Å². The van der Waals surface area contributed by atoms with Crippen molar-refractivity contribution in [1.82, 2.24) is 15.1 Å². The second-order valence-corrected chi connectivity index (χ2v) is 6.98. The summed E-state index contributed by atoms with van der Waals surface area (Å²) in [5, 5.41) is 3.10. The number of hydrogen-bond donors (Lipinski definition) is 1. The summed E-state index contributed by atoms with van der Waals surface area (Å²) in [4.78, 5) is 17.0. The number of amides is 1. The lowest BCUT2D eigenvalue weighted by Crippen LogP contribution is -2.48. The molecule has 128 valence electrons. The summed E-state index contributed by atoms with van der Waals surface area (Å²) in [5.74, 6) is 0.107. The Hall–Kier alpha value is -1.39. The summed E-state index contributed by atoms with van der Waals surface area (Å²) >= 11 is 0. The minimum atomic E-state index is 0.0555. The van der Waals surface area contributed by atoms with Crippen LogP contribution in [-0.2, 0) is 4.79 Å². The van der Waals surface area contributed by atoms with Crippen LogP contribution in [0.4, 0.5) is 0 Å². The molecule has 1 saturated heterocycles. The fourth-order valence-corrected chi connectivity index (χ4v) is 3.31. The molecule has 0 aliphatic carbocycles. The van der Waals surface area contributed by atoms with Crippen molar-refractivity contribution in [3.05, 3.63) is 35.9 Å². The highest BCUT2D eigenvalue weighted by Gasteiger charge is 2.24. The normalized spacial score (nSPS) is 18.3. The lowest BCUT2D eigenvalue weighted by Gasteiger charge is -2.38. The number of benzene rings is 1. The van der Waals surface area contributed by atoms with E-state index >= 15 is 0 Å². The first-order chi connectivity index (χ1) is 11.0. The number of likely N-dealkylation sites (N-methyl/N-ethyl adjacent to an activating group) is 1. The molecule has 1 atom stereocenters. The predicted octanol–water partition coefficient (Wildman–Crippen LogP) is 2.67. The zero-order chi connectivity index (χ0) is 16.8. The van der Waals surface area contributed by atoms with E-state index in [-0.39, 0.29) is 11.9 Å². The molecule has 4 heteroatoms. The van der Waals surface area contributed by atoms with Gasteiger partial charge in [-0.1, -0.05) is 30.3 Å². The van der Waals surface area contributed by atoms with Gasteiger partial charge in [0.15, 0.2) is 0 Å². The zero-order valence-electron chi connectivity index (χ0n) is 15.0. The smallest absolute Gasteiger partial charge is 0.234 e. The lowest BCUT2D eigenvalue weighted by molar-refractivity contribution is -0.123. The van der Waals surface area contributed by atoms with Crippen molar-refractivity contribution >= 4 is 5.91 Å². The number of carbonyl (C=O) groups excluding carboxylic acids is 1. The van der Waals surface area contributed by atoms with Crippen molar-refractivity contribution in [2.45, 2.75) is 51.7 Å². The summed E-state index contributed by atoms with van der Waals surface area (Å²) < 4.78 is 0. The quantitative estimate of drug-likeness (QED) is 0.876. The van der Waals surface area contributed by atoms with Crippen LogP contribution < -0.4 is 5.32 Å². The minimum Gasteiger partial charge on any atom is -0.348 e. The fraction of sp³-hybridized carbons (Fsp3) is 0.632. The van der Waals surface area contributed by atoms with E-state index in [1.54, 1.807) is 0 Å². The molecule has 1 amide bonds. The van der Waals surface area contributed by atoms with Gasteiger partial charge in [-0.15, -0.1) is 0 Å². The van der Waals surface area contributed by atoms with Crippen LogP contribution in [0.15, 0.2) is 30.3 Å². The average molecular weight is 317 g/mol. The van der Waals surface area contributed by atoms with Gasteiger partial charge in [-0.2, -0.15) is 0 Å². The molecule has 0 spiro atoms. The molecule has 23 heavy (non-hydrogen) atoms. The largest absolute Gasteiger partial charge is 0.348 e. The first kappa shape index (κ1) is 18.0. The van der Waals surface area contributed by atoms with Gasteiger partial charge in [-0.3, -0.25) is 9.69 Å². The molecule has 1 N–H and O–H groups in total. The molecule has 0 aromatic heterocycles. The van der Waals surface area contributed by atoms with E-state index in [4.69, 9.17) is 0 Å². The van der Waals surface area contributed by atoms with Crippen molar-refractivity contribution in [2.75, 3.05) is 26.7 Å². The average Bonchev–Trinajstić information content (AvgIpc) is 2.55. The van der Waals surface area contributed by atoms with Crippen LogP contribution in [0.1, 0.15) is 45.2 Å². The molecule has 0 unspecified atom stereocenters. The summed E-state index contributed by atoms with van der Waals surface area (Å²) in [6, 6.07) is 11.3. The Bertz CT molecular complexity index is 481. The van der Waals surface area contributed by atoms with Crippen LogP contribution in [0.5, 0.6) is 0 Å². The zero-order valence-corrected chi connectivity index (χ0v) is 15.0. The lowest BCUT2D eigenvalue weighted by atomic mass is 10.0. The summed E-state index contributed by atoms with van der Waals surface area (Å²) in [6.45, 7) is 9.28. The molecule has 2 rings (SSSR count). The van der Waals surface area contributed by atoms with E-state index in [9.17, 15) is 4.79 Å². The summed E-state index contributed by atoms with van der Waals surface area (Å²) in [7, 11) is 2.07. The SMILES string of the molecule is CC(C)N1CCC(N(C)CC(=O)N[C@H](C)c2ccccc2)CC1. The van der Waals surface area contributed by atoms with Crippen LogP contribution in [0.2, 0.25) is 0 Å². The molecule has 4 nitrogen and oxygen atoms in total. The van der Waals surface area contributed by atoms with Crippen molar-refractivity contribution in [1.29, 1.82) is 0 Å². The molecular formula is C19H31N3O. The third-order valence-corrected chi connectivity index (χ3v) is 4.92. The van der Waals surface area contributed by atoms with Crippen molar-refractivity contribution in [2.24, 2.45) is 0 Å². The molecular weight excluding hydrogens is 286 g/mol. The Morgan fingerprint density at radius 2 is 1.83 bits per heavy atom. The highest BCUT2D eigenvalue weighted by Crippen LogP contribution is 2.17. The second-order valence-electron chi connectivity index (χ2n) is 6.98. The number of nitrogens with one attached hydrogen (secondary N) is 1. The number of nitrogens with zero attached hydrogens (tertiary/aromatic N) is 2. The monoisotopic (exact) mass is 317 g/mol. The van der Waals surface area contributed by atoms with E-state index in [2.05, 4.69) is 48.1 Å². The Kier molecular flexibility index (Phi) is 6.60.